The third-order valence-corrected chi connectivity index (χ3v) is 0.820. The van der Waals surface area contributed by atoms with Crippen molar-refractivity contribution >= 4 is 0 Å². The lowest BCUT2D eigenvalue weighted by molar-refractivity contribution is 0.0637. The minimum atomic E-state index is 0. The fraction of sp³-hybridized carbons (Fsp3) is 0.714. The molecule has 0 aliphatic heterocycles. The summed E-state index contributed by atoms with van der Waals surface area (Å²) >= 11 is 0. The van der Waals surface area contributed by atoms with Crippen molar-refractivity contribution in [1.29, 1.82) is 0 Å². The van der Waals surface area contributed by atoms with E-state index in [4.69, 9.17) is 21.6 Å². The van der Waals surface area contributed by atoms with Crippen LogP contribution in [-0.2, 0) is 9.47 Å². The van der Waals surface area contributed by atoms with Gasteiger partial charge in [0.15, 0.2) is 0 Å². The van der Waals surface area contributed by atoms with Gasteiger partial charge >= 0.3 is 0 Å². The first-order chi connectivity index (χ1) is 4.91. The highest BCUT2D eigenvalue weighted by atomic mass is 16.5. The monoisotopic (exact) mass is 160 g/mol. The molecule has 0 amide bonds. The van der Waals surface area contributed by atoms with E-state index in [9.17, 15) is 0 Å². The summed E-state index contributed by atoms with van der Waals surface area (Å²) in [5, 5.41) is 0. The second kappa shape index (κ2) is 12.1. The molecule has 0 rings (SSSR count). The van der Waals surface area contributed by atoms with E-state index in [0.29, 0.717) is 33.0 Å². The Hall–Kier alpha value is -0.600. The standard InChI is InChI=1S/C7H13NO2.H3N/c1-2-4-9-6-7-10-5-3-8;/h1H,3-8H2;1H3. The van der Waals surface area contributed by atoms with Crippen LogP contribution in [-0.4, -0.2) is 33.0 Å². The highest BCUT2D eigenvalue weighted by molar-refractivity contribution is 4.82. The molecule has 66 valence electrons. The Morgan fingerprint density at radius 3 is 2.36 bits per heavy atom. The van der Waals surface area contributed by atoms with Crippen LogP contribution in [0.15, 0.2) is 0 Å². The van der Waals surface area contributed by atoms with Crippen LogP contribution in [0.5, 0.6) is 0 Å². The summed E-state index contributed by atoms with van der Waals surface area (Å²) in [6.07, 6.45) is 4.93. The van der Waals surface area contributed by atoms with Crippen LogP contribution < -0.4 is 11.9 Å². The van der Waals surface area contributed by atoms with Crippen molar-refractivity contribution in [2.45, 2.75) is 0 Å². The molecule has 0 aliphatic carbocycles. The van der Waals surface area contributed by atoms with Gasteiger partial charge in [0.2, 0.25) is 0 Å². The lowest BCUT2D eigenvalue weighted by atomic mass is 10.7. The van der Waals surface area contributed by atoms with E-state index < -0.39 is 0 Å². The zero-order chi connectivity index (χ0) is 7.66. The topological polar surface area (TPSA) is 79.5 Å². The van der Waals surface area contributed by atoms with E-state index >= 15 is 0 Å². The van der Waals surface area contributed by atoms with E-state index in [1.807, 2.05) is 0 Å². The molecule has 0 fully saturated rings. The van der Waals surface area contributed by atoms with Gasteiger partial charge in [-0.25, -0.2) is 0 Å². The summed E-state index contributed by atoms with van der Waals surface area (Å²) in [5.41, 5.74) is 5.17. The molecule has 0 atom stereocenters. The van der Waals surface area contributed by atoms with Gasteiger partial charge in [-0.2, -0.15) is 0 Å². The number of rotatable bonds is 6. The third kappa shape index (κ3) is 12.6. The van der Waals surface area contributed by atoms with Gasteiger partial charge in [-0.1, -0.05) is 5.92 Å². The maximum atomic E-state index is 5.17. The molecular weight excluding hydrogens is 144 g/mol. The summed E-state index contributed by atoms with van der Waals surface area (Å²) in [6, 6.07) is 0. The molecule has 0 saturated heterocycles. The van der Waals surface area contributed by atoms with E-state index in [0.717, 1.165) is 0 Å². The Morgan fingerprint density at radius 2 is 1.82 bits per heavy atom. The van der Waals surface area contributed by atoms with Gasteiger partial charge in [-0.15, -0.1) is 6.42 Å². The van der Waals surface area contributed by atoms with Gasteiger partial charge in [0.05, 0.1) is 19.8 Å². The zero-order valence-electron chi connectivity index (χ0n) is 6.71. The van der Waals surface area contributed by atoms with E-state index in [1.54, 1.807) is 0 Å². The summed E-state index contributed by atoms with van der Waals surface area (Å²) in [5.74, 6) is 2.36. The van der Waals surface area contributed by atoms with Crippen LogP contribution >= 0.6 is 0 Å². The Morgan fingerprint density at radius 1 is 1.18 bits per heavy atom. The van der Waals surface area contributed by atoms with Crippen LogP contribution in [0, 0.1) is 12.3 Å². The predicted molar refractivity (Wildman–Crippen MR) is 44.5 cm³/mol. The molecule has 0 heterocycles. The average Bonchev–Trinajstić information content (AvgIpc) is 1.97. The molecule has 0 spiro atoms. The Bertz CT molecular complexity index is 101. The first-order valence-corrected chi connectivity index (χ1v) is 3.21. The van der Waals surface area contributed by atoms with Gasteiger partial charge in [-0.05, 0) is 0 Å². The van der Waals surface area contributed by atoms with Gasteiger partial charge in [0.1, 0.15) is 6.61 Å². The molecule has 0 saturated carbocycles. The average molecular weight is 160 g/mol. The molecule has 4 nitrogen and oxygen atoms in total. The van der Waals surface area contributed by atoms with Crippen molar-refractivity contribution in [3.63, 3.8) is 0 Å². The number of ether oxygens (including phenoxy) is 2. The quantitative estimate of drug-likeness (QED) is 0.415. The van der Waals surface area contributed by atoms with Crippen molar-refractivity contribution < 1.29 is 9.47 Å². The second-order valence-corrected chi connectivity index (χ2v) is 1.66. The minimum Gasteiger partial charge on any atom is -0.378 e. The molecule has 0 aromatic heterocycles. The largest absolute Gasteiger partial charge is 0.378 e. The van der Waals surface area contributed by atoms with E-state index in [2.05, 4.69) is 5.92 Å². The highest BCUT2D eigenvalue weighted by Gasteiger charge is 1.84. The molecule has 11 heavy (non-hydrogen) atoms. The fourth-order valence-electron chi connectivity index (χ4n) is 0.434. The number of terminal acetylenes is 1. The summed E-state index contributed by atoms with van der Waals surface area (Å²) in [4.78, 5) is 0. The molecule has 0 unspecified atom stereocenters. The molecule has 4 heteroatoms. The Kier molecular flexibility index (Phi) is 14.3. The predicted octanol–water partition coefficient (Wildman–Crippen LogP) is -0.226. The molecule has 0 aromatic carbocycles. The van der Waals surface area contributed by atoms with Crippen LogP contribution in [0.3, 0.4) is 0 Å². The van der Waals surface area contributed by atoms with Gasteiger partial charge < -0.3 is 21.4 Å². The lowest BCUT2D eigenvalue weighted by Crippen LogP contribution is -2.11. The van der Waals surface area contributed by atoms with Crippen LogP contribution in [0.1, 0.15) is 0 Å². The number of nitrogens with two attached hydrogens (primary N) is 1. The highest BCUT2D eigenvalue weighted by Crippen LogP contribution is 1.75. The normalized spacial score (nSPS) is 8.36. The molecule has 0 radical (unpaired) electrons. The number of hydrogen-bond donors (Lipinski definition) is 2. The minimum absolute atomic E-state index is 0. The zero-order valence-corrected chi connectivity index (χ0v) is 6.71. The van der Waals surface area contributed by atoms with E-state index in [1.165, 1.54) is 0 Å². The molecule has 0 bridgehead atoms. The SMILES string of the molecule is C#CCOCCOCCN.N. The fourth-order valence-corrected chi connectivity index (χ4v) is 0.434. The van der Waals surface area contributed by atoms with Gasteiger partial charge in [-0.3, -0.25) is 0 Å². The van der Waals surface area contributed by atoms with Crippen molar-refractivity contribution in [2.75, 3.05) is 33.0 Å². The summed E-state index contributed by atoms with van der Waals surface area (Å²) < 4.78 is 9.94. The second-order valence-electron chi connectivity index (χ2n) is 1.66. The molecule has 5 N–H and O–H groups in total. The van der Waals surface area contributed by atoms with Crippen LogP contribution in [0.2, 0.25) is 0 Å². The molecular formula is C7H16N2O2. The van der Waals surface area contributed by atoms with Crippen molar-refractivity contribution in [3.8, 4) is 12.3 Å². The smallest absolute Gasteiger partial charge is 0.107 e. The molecule has 0 aliphatic rings. The van der Waals surface area contributed by atoms with Gasteiger partial charge in [0.25, 0.3) is 0 Å². The first-order valence-electron chi connectivity index (χ1n) is 3.21. The third-order valence-electron chi connectivity index (χ3n) is 0.820. The Labute approximate surface area is 67.6 Å². The Balaban J connectivity index is 0. The van der Waals surface area contributed by atoms with Crippen LogP contribution in [0.25, 0.3) is 0 Å². The van der Waals surface area contributed by atoms with Crippen molar-refractivity contribution in [1.82, 2.24) is 6.15 Å². The van der Waals surface area contributed by atoms with Crippen molar-refractivity contribution in [2.24, 2.45) is 5.73 Å². The van der Waals surface area contributed by atoms with E-state index in [-0.39, 0.29) is 6.15 Å². The van der Waals surface area contributed by atoms with Crippen molar-refractivity contribution in [3.05, 3.63) is 0 Å². The maximum absolute atomic E-state index is 5.17. The summed E-state index contributed by atoms with van der Waals surface area (Å²) in [6.45, 7) is 2.60. The number of hydrogen-bond acceptors (Lipinski definition) is 4. The maximum Gasteiger partial charge on any atom is 0.107 e. The molecule has 0 aromatic rings. The summed E-state index contributed by atoms with van der Waals surface area (Å²) in [7, 11) is 0. The van der Waals surface area contributed by atoms with Gasteiger partial charge in [0, 0.05) is 6.54 Å². The lowest BCUT2D eigenvalue weighted by Gasteiger charge is -2.00. The van der Waals surface area contributed by atoms with Crippen LogP contribution in [0.4, 0.5) is 0 Å². The first kappa shape index (κ1) is 13.0.